The molecule has 0 radical (unpaired) electrons. The Balaban J connectivity index is 1.31. The molecule has 3 aliphatic heterocycles. The van der Waals surface area contributed by atoms with Gasteiger partial charge in [-0.2, -0.15) is 4.57 Å². The maximum Gasteiger partial charge on any atom is 0.358 e. The molecular weight excluding hydrogens is 553 g/mol. The minimum Gasteiger partial charge on any atom is -0.371 e. The van der Waals surface area contributed by atoms with E-state index >= 15 is 0 Å². The van der Waals surface area contributed by atoms with Gasteiger partial charge in [-0.1, -0.05) is 23.2 Å². The Morgan fingerprint density at radius 2 is 0.756 bits per heavy atom. The maximum atomic E-state index is 7.16. The molecule has 3 fully saturated rings. The Bertz CT molecular complexity index is 1420. The molecule has 0 amide bonds. The molecule has 4 aromatic rings. The Morgan fingerprint density at radius 3 is 1.07 bits per heavy atom. The molecule has 0 aliphatic carbocycles. The SMILES string of the molecule is Clc1c(-[n+]2ccc(N3CCCC3)cc2)nc(-[n+]2ccc(N3CCCC3)cc2)c(Cl)c1-[n+]1ccc(N2CCCC2)cc1. The molecular formula is C32H36Cl2N7+3. The molecule has 0 bridgehead atoms. The zero-order valence-electron chi connectivity index (χ0n) is 23.3. The van der Waals surface area contributed by atoms with Gasteiger partial charge in [0, 0.05) is 97.7 Å². The number of rotatable bonds is 6. The number of pyridine rings is 4. The molecule has 7 nitrogen and oxygen atoms in total. The predicted molar refractivity (Wildman–Crippen MR) is 163 cm³/mol. The van der Waals surface area contributed by atoms with E-state index in [4.69, 9.17) is 28.2 Å². The molecule has 0 aromatic carbocycles. The zero-order valence-corrected chi connectivity index (χ0v) is 24.8. The van der Waals surface area contributed by atoms with E-state index < -0.39 is 0 Å². The van der Waals surface area contributed by atoms with Crippen molar-refractivity contribution in [3.8, 4) is 17.3 Å². The van der Waals surface area contributed by atoms with E-state index in [1.54, 1.807) is 0 Å². The molecule has 7 heterocycles. The number of hydrogen-bond acceptors (Lipinski definition) is 4. The number of anilines is 3. The fraction of sp³-hybridized carbons (Fsp3) is 0.375. The van der Waals surface area contributed by atoms with Crippen LogP contribution in [-0.4, -0.2) is 44.3 Å². The van der Waals surface area contributed by atoms with Crippen molar-refractivity contribution < 1.29 is 13.7 Å². The Morgan fingerprint density at radius 1 is 0.463 bits per heavy atom. The van der Waals surface area contributed by atoms with Crippen LogP contribution < -0.4 is 28.4 Å². The average Bonchev–Trinajstić information content (AvgIpc) is 3.83. The van der Waals surface area contributed by atoms with Gasteiger partial charge in [-0.15, -0.1) is 0 Å². The molecule has 0 unspecified atom stereocenters. The third-order valence-electron chi connectivity index (χ3n) is 8.62. The number of nitrogens with zero attached hydrogens (tertiary/aromatic N) is 7. The summed E-state index contributed by atoms with van der Waals surface area (Å²) in [7, 11) is 0. The minimum absolute atomic E-state index is 0.505. The van der Waals surface area contributed by atoms with Crippen LogP contribution in [0.3, 0.4) is 0 Å². The summed E-state index contributed by atoms with van der Waals surface area (Å²) < 4.78 is 5.99. The molecule has 3 aliphatic rings. The third kappa shape index (κ3) is 5.22. The van der Waals surface area contributed by atoms with Crippen LogP contribution in [0.1, 0.15) is 38.5 Å². The first-order chi connectivity index (χ1) is 20.2. The summed E-state index contributed by atoms with van der Waals surface area (Å²) in [6.45, 7) is 6.62. The molecule has 41 heavy (non-hydrogen) atoms. The maximum absolute atomic E-state index is 7.16. The fourth-order valence-electron chi connectivity index (χ4n) is 6.32. The van der Waals surface area contributed by atoms with E-state index in [2.05, 4.69) is 63.5 Å². The van der Waals surface area contributed by atoms with Crippen molar-refractivity contribution >= 4 is 40.3 Å². The topological polar surface area (TPSA) is 34.2 Å². The second-order valence-corrected chi connectivity index (χ2v) is 12.0. The van der Waals surface area contributed by atoms with Gasteiger partial charge in [0.2, 0.25) is 10.0 Å². The summed E-state index contributed by atoms with van der Waals surface area (Å²) in [5.74, 6) is 1.28. The van der Waals surface area contributed by atoms with Crippen LogP contribution in [0, 0.1) is 0 Å². The quantitative estimate of drug-likeness (QED) is 0.296. The molecule has 0 saturated carbocycles. The second-order valence-electron chi connectivity index (χ2n) is 11.2. The Hall–Kier alpha value is -3.42. The van der Waals surface area contributed by atoms with Crippen LogP contribution >= 0.6 is 23.2 Å². The molecule has 9 heteroatoms. The van der Waals surface area contributed by atoms with Gasteiger partial charge in [-0.3, -0.25) is 0 Å². The fourth-order valence-corrected chi connectivity index (χ4v) is 7.03. The Kier molecular flexibility index (Phi) is 7.40. The first-order valence-electron chi connectivity index (χ1n) is 14.8. The van der Waals surface area contributed by atoms with Crippen LogP contribution in [0.2, 0.25) is 10.0 Å². The van der Waals surface area contributed by atoms with E-state index in [0.29, 0.717) is 27.4 Å². The highest BCUT2D eigenvalue weighted by Crippen LogP contribution is 2.31. The van der Waals surface area contributed by atoms with Crippen molar-refractivity contribution in [2.75, 3.05) is 54.0 Å². The highest BCUT2D eigenvalue weighted by molar-refractivity contribution is 6.38. The van der Waals surface area contributed by atoms with Crippen molar-refractivity contribution in [1.29, 1.82) is 0 Å². The van der Waals surface area contributed by atoms with Crippen LogP contribution in [0.4, 0.5) is 17.1 Å². The van der Waals surface area contributed by atoms with Gasteiger partial charge in [0.15, 0.2) is 12.4 Å². The van der Waals surface area contributed by atoms with Crippen molar-refractivity contribution in [3.05, 3.63) is 83.6 Å². The lowest BCUT2D eigenvalue weighted by Gasteiger charge is -2.17. The van der Waals surface area contributed by atoms with Gasteiger partial charge in [-0.05, 0) is 38.5 Å². The number of hydrogen-bond donors (Lipinski definition) is 0. The van der Waals surface area contributed by atoms with Gasteiger partial charge in [0.25, 0.3) is 5.69 Å². The molecule has 0 N–H and O–H groups in total. The van der Waals surface area contributed by atoms with Gasteiger partial charge >= 0.3 is 11.6 Å². The monoisotopic (exact) mass is 588 g/mol. The summed E-state index contributed by atoms with van der Waals surface area (Å²) >= 11 is 14.3. The number of aromatic nitrogens is 4. The van der Waals surface area contributed by atoms with Gasteiger partial charge in [0.05, 0.1) is 24.8 Å². The van der Waals surface area contributed by atoms with E-state index in [1.807, 2.05) is 38.5 Å². The third-order valence-corrected chi connectivity index (χ3v) is 9.31. The number of halogens is 2. The first kappa shape index (κ1) is 26.5. The van der Waals surface area contributed by atoms with Crippen LogP contribution in [-0.2, 0) is 0 Å². The summed E-state index contributed by atoms with van der Waals surface area (Å²) in [4.78, 5) is 12.3. The van der Waals surface area contributed by atoms with Crippen LogP contribution in [0.15, 0.2) is 73.6 Å². The lowest BCUT2D eigenvalue weighted by atomic mass is 10.3. The lowest BCUT2D eigenvalue weighted by Crippen LogP contribution is -2.40. The highest BCUT2D eigenvalue weighted by Gasteiger charge is 2.35. The summed E-state index contributed by atoms with van der Waals surface area (Å²) in [5.41, 5.74) is 4.39. The minimum atomic E-state index is 0.505. The lowest BCUT2D eigenvalue weighted by molar-refractivity contribution is -0.617. The van der Waals surface area contributed by atoms with Gasteiger partial charge in [-0.25, -0.2) is 9.13 Å². The molecule has 0 atom stereocenters. The molecule has 210 valence electrons. The van der Waals surface area contributed by atoms with Crippen molar-refractivity contribution in [1.82, 2.24) is 4.98 Å². The van der Waals surface area contributed by atoms with Crippen molar-refractivity contribution in [3.63, 3.8) is 0 Å². The van der Waals surface area contributed by atoms with Crippen LogP contribution in [0.5, 0.6) is 0 Å². The van der Waals surface area contributed by atoms with Gasteiger partial charge < -0.3 is 14.7 Å². The summed E-state index contributed by atoms with van der Waals surface area (Å²) in [5, 5.41) is 1.01. The van der Waals surface area contributed by atoms with E-state index in [9.17, 15) is 0 Å². The standard InChI is InChI=1S/C32H36Cl2N7/c33-28-30(39-19-7-25(8-20-39)36-13-1-2-14-36)29(34)32(41-23-11-27(12-24-41)38-17-5-6-18-38)35-31(28)40-21-9-26(10-22-40)37-15-3-4-16-37/h7-12,19-24H,1-6,13-18H2/q+3. The summed E-state index contributed by atoms with van der Waals surface area (Å²) in [6.07, 6.45) is 19.8. The first-order valence-corrected chi connectivity index (χ1v) is 15.6. The van der Waals surface area contributed by atoms with Crippen molar-refractivity contribution in [2.24, 2.45) is 0 Å². The van der Waals surface area contributed by atoms with E-state index in [-0.39, 0.29) is 0 Å². The zero-order chi connectivity index (χ0) is 27.8. The Labute approximate surface area is 251 Å². The molecule has 0 spiro atoms. The second kappa shape index (κ2) is 11.5. The molecule has 4 aromatic heterocycles. The molecule has 3 saturated heterocycles. The van der Waals surface area contributed by atoms with Crippen molar-refractivity contribution in [2.45, 2.75) is 38.5 Å². The predicted octanol–water partition coefficient (Wildman–Crippen LogP) is 5.02. The largest absolute Gasteiger partial charge is 0.371 e. The van der Waals surface area contributed by atoms with Gasteiger partial charge in [0.1, 0.15) is 0 Å². The normalized spacial score (nSPS) is 17.2. The smallest absolute Gasteiger partial charge is 0.358 e. The van der Waals surface area contributed by atoms with E-state index in [0.717, 1.165) is 39.3 Å². The van der Waals surface area contributed by atoms with E-state index in [1.165, 1.54) is 55.6 Å². The highest BCUT2D eigenvalue weighted by atomic mass is 35.5. The van der Waals surface area contributed by atoms with Crippen LogP contribution in [0.25, 0.3) is 17.3 Å². The summed E-state index contributed by atoms with van der Waals surface area (Å²) in [6, 6.07) is 12.9. The average molecular weight is 590 g/mol. The molecule has 7 rings (SSSR count).